The van der Waals surface area contributed by atoms with Gasteiger partial charge in [0.05, 0.1) is 40.2 Å². The number of nitrogens with one attached hydrogen (secondary N) is 1. The fourth-order valence-corrected chi connectivity index (χ4v) is 3.44. The van der Waals surface area contributed by atoms with Gasteiger partial charge in [0.2, 0.25) is 0 Å². The molecule has 0 bridgehead atoms. The third-order valence-electron chi connectivity index (χ3n) is 4.36. The summed E-state index contributed by atoms with van der Waals surface area (Å²) in [6, 6.07) is 2.57. The second-order valence-corrected chi connectivity index (χ2v) is 6.70. The van der Waals surface area contributed by atoms with Crippen LogP contribution < -0.4 is 4.90 Å². The van der Waals surface area contributed by atoms with Gasteiger partial charge in [0.25, 0.3) is 0 Å². The number of nitrogens with zero attached hydrogens (tertiary/aromatic N) is 4. The first kappa shape index (κ1) is 19.3. The van der Waals surface area contributed by atoms with Crippen LogP contribution in [-0.4, -0.2) is 26.5 Å². The summed E-state index contributed by atoms with van der Waals surface area (Å²) in [7, 11) is 0. The summed E-state index contributed by atoms with van der Waals surface area (Å²) in [6.07, 6.45) is 3.45. The number of hydrogen-bond acceptors (Lipinski definition) is 3. The minimum absolute atomic E-state index is 0.142. The van der Waals surface area contributed by atoms with Crippen LogP contribution in [0, 0.1) is 18.6 Å². The Balaban J connectivity index is 0.00000102. The molecule has 4 rings (SSSR count). The lowest BCUT2D eigenvalue weighted by Gasteiger charge is -2.22. The largest absolute Gasteiger partial charge is 0.324 e. The van der Waals surface area contributed by atoms with E-state index in [1.807, 2.05) is 20.8 Å². The van der Waals surface area contributed by atoms with E-state index in [2.05, 4.69) is 37.8 Å². The first-order valence-electron chi connectivity index (χ1n) is 8.65. The Kier molecular flexibility index (Phi) is 5.46. The summed E-state index contributed by atoms with van der Waals surface area (Å²) in [4.78, 5) is 1.79. The molecular weight excluding hydrogens is 416 g/mol. The Bertz CT molecular complexity index is 992. The van der Waals surface area contributed by atoms with Crippen LogP contribution in [-0.2, 0) is 6.54 Å². The van der Waals surface area contributed by atoms with Gasteiger partial charge >= 0.3 is 0 Å². The summed E-state index contributed by atoms with van der Waals surface area (Å²) in [5.41, 5.74) is 2.74. The molecule has 0 saturated carbocycles. The molecule has 0 saturated heterocycles. The number of halogens is 3. The molecule has 8 heteroatoms. The number of anilines is 1. The molecule has 0 amide bonds. The van der Waals surface area contributed by atoms with E-state index in [4.69, 9.17) is 0 Å². The van der Waals surface area contributed by atoms with Crippen LogP contribution in [0.2, 0.25) is 0 Å². The molecule has 2 aromatic heterocycles. The Hall–Kier alpha value is -2.48. The quantitative estimate of drug-likeness (QED) is 0.579. The third kappa shape index (κ3) is 3.18. The predicted octanol–water partition coefficient (Wildman–Crippen LogP) is 5.14. The lowest BCUT2D eigenvalue weighted by atomic mass is 10.1. The van der Waals surface area contributed by atoms with Gasteiger partial charge in [0.15, 0.2) is 0 Å². The molecule has 1 aliphatic heterocycles. The maximum absolute atomic E-state index is 14.5. The number of aromatic amines is 1. The van der Waals surface area contributed by atoms with Crippen molar-refractivity contribution >= 4 is 27.4 Å². The Morgan fingerprint density at radius 1 is 1.22 bits per heavy atom. The molecule has 0 aliphatic carbocycles. The Morgan fingerprint density at radius 3 is 2.63 bits per heavy atom. The minimum Gasteiger partial charge on any atom is -0.324 e. The van der Waals surface area contributed by atoms with Gasteiger partial charge in [-0.2, -0.15) is 10.2 Å². The zero-order chi connectivity index (χ0) is 19.7. The molecule has 5 nitrogen and oxygen atoms in total. The lowest BCUT2D eigenvalue weighted by Crippen LogP contribution is -2.20. The summed E-state index contributed by atoms with van der Waals surface area (Å²) in [5, 5.41) is 11.4. The second kappa shape index (κ2) is 7.64. The number of aromatic nitrogens is 4. The number of hydrogen-bond donors (Lipinski definition) is 1. The van der Waals surface area contributed by atoms with Crippen molar-refractivity contribution in [3.63, 3.8) is 0 Å². The van der Waals surface area contributed by atoms with Gasteiger partial charge in [-0.05, 0) is 40.5 Å². The molecule has 0 atom stereocenters. The normalized spacial score (nSPS) is 12.6. The van der Waals surface area contributed by atoms with Gasteiger partial charge in [-0.25, -0.2) is 13.5 Å². The summed E-state index contributed by atoms with van der Waals surface area (Å²) in [5.74, 6) is -0.568. The number of fused-ring (bicyclic) bond motifs is 1. The molecule has 0 radical (unpaired) electrons. The Labute approximate surface area is 164 Å². The van der Waals surface area contributed by atoms with Crippen LogP contribution in [0.1, 0.15) is 25.0 Å². The van der Waals surface area contributed by atoms with Crippen LogP contribution in [0.4, 0.5) is 14.6 Å². The predicted molar refractivity (Wildman–Crippen MR) is 106 cm³/mol. The average molecular weight is 436 g/mol. The maximum Gasteiger partial charge on any atom is 0.149 e. The fraction of sp³-hybridized carbons (Fsp3) is 0.263. The highest BCUT2D eigenvalue weighted by molar-refractivity contribution is 9.10. The van der Waals surface area contributed by atoms with E-state index < -0.39 is 11.6 Å². The van der Waals surface area contributed by atoms with E-state index in [0.717, 1.165) is 22.6 Å². The monoisotopic (exact) mass is 435 g/mol. The zero-order valence-corrected chi connectivity index (χ0v) is 16.9. The van der Waals surface area contributed by atoms with Gasteiger partial charge in [-0.3, -0.25) is 5.10 Å². The number of H-pyrrole nitrogens is 1. The number of aryl methyl sites for hydroxylation is 1. The maximum atomic E-state index is 14.5. The van der Waals surface area contributed by atoms with Crippen molar-refractivity contribution in [2.75, 3.05) is 11.4 Å². The van der Waals surface area contributed by atoms with Crippen molar-refractivity contribution in [1.82, 2.24) is 20.0 Å². The average Bonchev–Trinajstić information content (AvgIpc) is 3.36. The molecule has 0 fully saturated rings. The van der Waals surface area contributed by atoms with Crippen molar-refractivity contribution in [3.8, 4) is 11.3 Å². The number of rotatable bonds is 3. The first-order valence-corrected chi connectivity index (χ1v) is 9.44. The fourth-order valence-electron chi connectivity index (χ4n) is 3.11. The van der Waals surface area contributed by atoms with E-state index in [1.54, 1.807) is 22.0 Å². The van der Waals surface area contributed by atoms with Gasteiger partial charge in [-0.1, -0.05) is 20.4 Å². The second-order valence-electron chi connectivity index (χ2n) is 5.85. The van der Waals surface area contributed by atoms with E-state index >= 15 is 0 Å². The molecule has 3 heterocycles. The molecule has 27 heavy (non-hydrogen) atoms. The Morgan fingerprint density at radius 2 is 1.96 bits per heavy atom. The lowest BCUT2D eigenvalue weighted by molar-refractivity contribution is 0.571. The van der Waals surface area contributed by atoms with E-state index in [-0.39, 0.29) is 15.7 Å². The topological polar surface area (TPSA) is 49.7 Å². The molecule has 1 N–H and O–H groups in total. The highest BCUT2D eigenvalue weighted by atomic mass is 79.9. The molecule has 142 valence electrons. The summed E-state index contributed by atoms with van der Waals surface area (Å²) < 4.78 is 30.8. The molecule has 0 spiro atoms. The molecule has 1 aliphatic rings. The van der Waals surface area contributed by atoms with Crippen molar-refractivity contribution in [2.45, 2.75) is 27.3 Å². The van der Waals surface area contributed by atoms with Crippen molar-refractivity contribution < 1.29 is 8.78 Å². The first-order chi connectivity index (χ1) is 13.0. The highest BCUT2D eigenvalue weighted by Gasteiger charge is 2.30. The van der Waals surface area contributed by atoms with Crippen LogP contribution in [0.3, 0.4) is 0 Å². The van der Waals surface area contributed by atoms with Crippen LogP contribution in [0.25, 0.3) is 17.0 Å². The van der Waals surface area contributed by atoms with Crippen molar-refractivity contribution in [3.05, 3.63) is 58.3 Å². The smallest absolute Gasteiger partial charge is 0.149 e. The van der Waals surface area contributed by atoms with Crippen LogP contribution in [0.5, 0.6) is 0 Å². The van der Waals surface area contributed by atoms with Crippen LogP contribution >= 0.6 is 15.9 Å². The van der Waals surface area contributed by atoms with E-state index in [1.165, 1.54) is 12.1 Å². The standard InChI is InChI=1S/C17H14BrF2N5.C2H6/c1-9-7-21-23-16(9)11-8-22-25-6-5-24(17(11)25)10(2)14-13(19)4-3-12(18)15(14)20;1-2/h3-4,7-8H,2,5-6H2,1H3,(H,21,23);1-2H3. The minimum atomic E-state index is -0.665. The van der Waals surface area contributed by atoms with Crippen molar-refractivity contribution in [2.24, 2.45) is 0 Å². The van der Waals surface area contributed by atoms with Gasteiger partial charge < -0.3 is 4.90 Å². The zero-order valence-electron chi connectivity index (χ0n) is 15.4. The highest BCUT2D eigenvalue weighted by Crippen LogP contribution is 2.39. The van der Waals surface area contributed by atoms with Gasteiger partial charge in [0, 0.05) is 12.2 Å². The van der Waals surface area contributed by atoms with Gasteiger partial charge in [0.1, 0.15) is 17.5 Å². The van der Waals surface area contributed by atoms with Crippen molar-refractivity contribution in [1.29, 1.82) is 0 Å². The van der Waals surface area contributed by atoms with E-state index in [0.29, 0.717) is 13.1 Å². The van der Waals surface area contributed by atoms with Crippen LogP contribution in [0.15, 0.2) is 35.6 Å². The molecule has 1 aromatic carbocycles. The number of benzene rings is 1. The van der Waals surface area contributed by atoms with Gasteiger partial charge in [-0.15, -0.1) is 0 Å². The SMILES string of the molecule is C=C(c1c(F)ccc(Br)c1F)N1CCn2ncc(-c3[nH]ncc3C)c21.CC. The molecule has 3 aromatic rings. The third-order valence-corrected chi connectivity index (χ3v) is 4.97. The summed E-state index contributed by atoms with van der Waals surface area (Å²) >= 11 is 3.10. The molecule has 0 unspecified atom stereocenters. The molecular formula is C19H20BrF2N5. The summed E-state index contributed by atoms with van der Waals surface area (Å²) in [6.45, 7) is 11.0. The van der Waals surface area contributed by atoms with E-state index in [9.17, 15) is 8.78 Å².